The fourth-order valence-corrected chi connectivity index (χ4v) is 9.25. The molecule has 0 radical (unpaired) electrons. The van der Waals surface area contributed by atoms with Crippen molar-refractivity contribution >= 4 is 46.7 Å². The van der Waals surface area contributed by atoms with Crippen molar-refractivity contribution in [3.05, 3.63) is 83.1 Å². The lowest BCUT2D eigenvalue weighted by atomic mass is 9.92. The lowest BCUT2D eigenvalue weighted by molar-refractivity contribution is -0.134. The molecule has 3 aromatic carbocycles. The molecule has 4 atom stereocenters. The molecule has 5 aliphatic heterocycles. The molecular weight excluding hydrogens is 761 g/mol. The fourth-order valence-electron chi connectivity index (χ4n) is 9.25. The molecule has 5 aliphatic rings. The van der Waals surface area contributed by atoms with Crippen LogP contribution in [0.2, 0.25) is 0 Å². The van der Waals surface area contributed by atoms with E-state index in [-0.39, 0.29) is 35.7 Å². The monoisotopic (exact) mass is 814 g/mol. The number of nitrogens with one attached hydrogen (secondary N) is 2. The molecule has 2 N–H and O–H groups in total. The quantitative estimate of drug-likeness (QED) is 0.167. The number of carbonyl (C=O) groups excluding carboxylic acids is 4. The van der Waals surface area contributed by atoms with Crippen LogP contribution in [0.3, 0.4) is 0 Å². The van der Waals surface area contributed by atoms with Crippen LogP contribution in [0.25, 0.3) is 16.7 Å². The summed E-state index contributed by atoms with van der Waals surface area (Å²) in [7, 11) is 2.61. The van der Waals surface area contributed by atoms with Crippen molar-refractivity contribution in [1.82, 2.24) is 20.4 Å². The third-order valence-electron chi connectivity index (χ3n) is 12.5. The summed E-state index contributed by atoms with van der Waals surface area (Å²) in [6, 6.07) is 17.6. The molecule has 0 aliphatic carbocycles. The van der Waals surface area contributed by atoms with E-state index in [9.17, 15) is 19.2 Å². The van der Waals surface area contributed by atoms with Crippen molar-refractivity contribution in [2.45, 2.75) is 96.8 Å². The molecule has 0 aromatic heterocycles. The molecule has 13 heteroatoms. The Morgan fingerprint density at radius 2 is 1.25 bits per heavy atom. The molecule has 13 nitrogen and oxygen atoms in total. The summed E-state index contributed by atoms with van der Waals surface area (Å²) in [4.78, 5) is 65.0. The lowest BCUT2D eigenvalue weighted by Crippen LogP contribution is -2.53. The van der Waals surface area contributed by atoms with Gasteiger partial charge in [0.15, 0.2) is 0 Å². The van der Waals surface area contributed by atoms with Gasteiger partial charge in [0.25, 0.3) is 0 Å². The van der Waals surface area contributed by atoms with Crippen LogP contribution in [0, 0.1) is 11.8 Å². The molecule has 60 heavy (non-hydrogen) atoms. The normalized spacial score (nSPS) is 20.0. The Labute approximate surface area is 351 Å². The first-order valence-corrected chi connectivity index (χ1v) is 21.1. The predicted molar refractivity (Wildman–Crippen MR) is 230 cm³/mol. The van der Waals surface area contributed by atoms with Gasteiger partial charge in [-0.15, -0.1) is 0 Å². The first-order valence-electron chi connectivity index (χ1n) is 21.1. The molecule has 2 fully saturated rings. The molecule has 0 saturated carbocycles. The Hall–Kier alpha value is -5.98. The summed E-state index contributed by atoms with van der Waals surface area (Å²) in [5, 5.41) is 5.46. The Balaban J connectivity index is 0.909. The van der Waals surface area contributed by atoms with Crippen molar-refractivity contribution in [3.8, 4) is 22.6 Å². The minimum absolute atomic E-state index is 0.0899. The molecule has 8 rings (SSSR count). The van der Waals surface area contributed by atoms with E-state index in [1.807, 2.05) is 49.8 Å². The Bertz CT molecular complexity index is 2310. The SMILES string of the molecule is COC(=O)N[C@H](C(=O)N1CCC[C@H]1C1=NC=C(c2ccc3c(c2)Oc2ccc(-c4ccc5c(c4)CC([C@@H]4CCCN4C(=O)[C@@H](NC(=O)OC)C(C)C)=N5)cc2C3)C1)C(C)C. The molecular formula is C47H54N6O7. The summed E-state index contributed by atoms with van der Waals surface area (Å²) in [5.41, 5.74) is 10.6. The van der Waals surface area contributed by atoms with E-state index in [1.54, 1.807) is 0 Å². The first-order chi connectivity index (χ1) is 28.9. The van der Waals surface area contributed by atoms with Crippen molar-refractivity contribution in [1.29, 1.82) is 0 Å². The van der Waals surface area contributed by atoms with Crippen LogP contribution >= 0.6 is 0 Å². The maximum atomic E-state index is 13.7. The largest absolute Gasteiger partial charge is 0.457 e. The van der Waals surface area contributed by atoms with Crippen LogP contribution in [-0.4, -0.2) is 96.7 Å². The number of rotatable bonds is 10. The van der Waals surface area contributed by atoms with Crippen LogP contribution in [0.15, 0.2) is 70.8 Å². The van der Waals surface area contributed by atoms with Crippen molar-refractivity contribution in [2.24, 2.45) is 21.8 Å². The molecule has 4 amide bonds. The Kier molecular flexibility index (Phi) is 11.5. The van der Waals surface area contributed by atoms with Gasteiger partial charge in [-0.25, -0.2) is 9.59 Å². The van der Waals surface area contributed by atoms with E-state index in [0.717, 1.165) is 99.7 Å². The summed E-state index contributed by atoms with van der Waals surface area (Å²) in [5.74, 6) is 1.28. The number of methoxy groups -OCH3 is 2. The highest BCUT2D eigenvalue weighted by atomic mass is 16.5. The number of alkyl carbamates (subject to hydrolysis) is 2. The van der Waals surface area contributed by atoms with Gasteiger partial charge in [-0.3, -0.25) is 19.6 Å². The van der Waals surface area contributed by atoms with E-state index in [1.165, 1.54) is 14.2 Å². The van der Waals surface area contributed by atoms with E-state index < -0.39 is 24.3 Å². The van der Waals surface area contributed by atoms with Crippen LogP contribution in [0.1, 0.15) is 82.1 Å². The molecule has 314 valence electrons. The molecule has 2 saturated heterocycles. The van der Waals surface area contributed by atoms with Gasteiger partial charge in [0.1, 0.15) is 23.6 Å². The summed E-state index contributed by atoms with van der Waals surface area (Å²) < 4.78 is 16.1. The number of likely N-dealkylation sites (tertiary alicyclic amines) is 2. The zero-order valence-electron chi connectivity index (χ0n) is 35.2. The number of fused-ring (bicyclic) bond motifs is 3. The van der Waals surface area contributed by atoms with Gasteiger partial charge in [0, 0.05) is 50.0 Å². The van der Waals surface area contributed by atoms with E-state index in [4.69, 9.17) is 24.2 Å². The second-order valence-corrected chi connectivity index (χ2v) is 17.1. The smallest absolute Gasteiger partial charge is 0.407 e. The van der Waals surface area contributed by atoms with Crippen molar-refractivity contribution in [3.63, 3.8) is 0 Å². The summed E-state index contributed by atoms with van der Waals surface area (Å²) in [6.45, 7) is 8.94. The number of benzene rings is 3. The number of aliphatic imine (C=N–C) groups is 2. The Morgan fingerprint density at radius 1 is 0.667 bits per heavy atom. The van der Waals surface area contributed by atoms with Crippen molar-refractivity contribution < 1.29 is 33.4 Å². The number of allylic oxidation sites excluding steroid dienone is 1. The number of amides is 4. The highest BCUT2D eigenvalue weighted by Gasteiger charge is 2.40. The average molecular weight is 815 g/mol. The third kappa shape index (κ3) is 8.01. The second kappa shape index (κ2) is 16.9. The van der Waals surface area contributed by atoms with Crippen molar-refractivity contribution in [2.75, 3.05) is 27.3 Å². The van der Waals surface area contributed by atoms with E-state index in [2.05, 4.69) is 59.2 Å². The standard InChI is InChI=1S/C47H54N6O7/c1-26(2)42(50-46(56)58-5)44(54)52-17-7-9-38(52)36-23-34(25-48-36)30-11-12-31-21-33-20-29(14-16-40(33)60-41(31)24-30)28-13-15-35-32(19-28)22-37(49-35)39-10-8-18-53(39)45(55)43(27(3)4)51-47(57)59-6/h11-16,19-20,24-27,38-39,42-43H,7-10,17-18,21-23H2,1-6H3,(H,50,56)(H,51,57)/t38-,39-,42-,43-/m0/s1. The number of nitrogens with zero attached hydrogens (tertiary/aromatic N) is 4. The third-order valence-corrected chi connectivity index (χ3v) is 12.5. The molecule has 0 bridgehead atoms. The lowest BCUT2D eigenvalue weighted by Gasteiger charge is -2.31. The van der Waals surface area contributed by atoms with Gasteiger partial charge < -0.3 is 34.6 Å². The predicted octanol–water partition coefficient (Wildman–Crippen LogP) is 7.61. The van der Waals surface area contributed by atoms with Gasteiger partial charge in [0.05, 0.1) is 32.0 Å². The second-order valence-electron chi connectivity index (χ2n) is 17.1. The van der Waals surface area contributed by atoms with Gasteiger partial charge in [-0.1, -0.05) is 52.0 Å². The number of hydrogen-bond acceptors (Lipinski definition) is 9. The number of ether oxygens (including phenoxy) is 3. The zero-order chi connectivity index (χ0) is 42.2. The highest BCUT2D eigenvalue weighted by molar-refractivity contribution is 6.04. The Morgan fingerprint density at radius 3 is 1.87 bits per heavy atom. The maximum absolute atomic E-state index is 13.7. The highest BCUT2D eigenvalue weighted by Crippen LogP contribution is 2.42. The summed E-state index contributed by atoms with van der Waals surface area (Å²) in [6.07, 6.45) is 6.18. The van der Waals surface area contributed by atoms with Gasteiger partial charge in [-0.2, -0.15) is 0 Å². The molecule has 0 spiro atoms. The summed E-state index contributed by atoms with van der Waals surface area (Å²) >= 11 is 0. The van der Waals surface area contributed by atoms with Crippen LogP contribution in [-0.2, 0) is 31.9 Å². The zero-order valence-corrected chi connectivity index (χ0v) is 35.2. The van der Waals surface area contributed by atoms with Gasteiger partial charge in [0.2, 0.25) is 11.8 Å². The maximum Gasteiger partial charge on any atom is 0.407 e. The number of carbonyl (C=O) groups is 4. The topological polar surface area (TPSA) is 151 Å². The van der Waals surface area contributed by atoms with Gasteiger partial charge >= 0.3 is 12.2 Å². The van der Waals surface area contributed by atoms with Gasteiger partial charge in [-0.05, 0) is 107 Å². The number of hydrogen-bond donors (Lipinski definition) is 2. The molecule has 0 unspecified atom stereocenters. The molecule has 5 heterocycles. The minimum atomic E-state index is -0.669. The fraction of sp³-hybridized carbons (Fsp3) is 0.447. The van der Waals surface area contributed by atoms with Crippen LogP contribution in [0.4, 0.5) is 15.3 Å². The van der Waals surface area contributed by atoms with Crippen LogP contribution in [0.5, 0.6) is 11.5 Å². The van der Waals surface area contributed by atoms with E-state index >= 15 is 0 Å². The van der Waals surface area contributed by atoms with E-state index in [0.29, 0.717) is 25.9 Å². The molecule has 3 aromatic rings. The average Bonchev–Trinajstić information content (AvgIpc) is 4.09. The minimum Gasteiger partial charge on any atom is -0.457 e. The first kappa shape index (κ1) is 40.8. The van der Waals surface area contributed by atoms with Crippen LogP contribution < -0.4 is 15.4 Å².